The Morgan fingerprint density at radius 2 is 1.77 bits per heavy atom. The van der Waals surface area contributed by atoms with Crippen LogP contribution in [-0.4, -0.2) is 38.3 Å². The molecule has 1 aliphatic carbocycles. The molecule has 160 valence electrons. The van der Waals surface area contributed by atoms with Gasteiger partial charge in [0.25, 0.3) is 0 Å². The zero-order valence-corrected chi connectivity index (χ0v) is 18.6. The van der Waals surface area contributed by atoms with E-state index in [-0.39, 0.29) is 11.8 Å². The smallest absolute Gasteiger partial charge is 0.243 e. The van der Waals surface area contributed by atoms with Crippen molar-refractivity contribution in [1.29, 1.82) is 0 Å². The van der Waals surface area contributed by atoms with Gasteiger partial charge in [0, 0.05) is 31.2 Å². The van der Waals surface area contributed by atoms with Crippen molar-refractivity contribution < 1.29 is 13.2 Å². The van der Waals surface area contributed by atoms with Gasteiger partial charge in [-0.2, -0.15) is 4.31 Å². The predicted octanol–water partition coefficient (Wildman–Crippen LogP) is 3.94. The normalized spacial score (nSPS) is 17.7. The molecule has 0 spiro atoms. The van der Waals surface area contributed by atoms with E-state index < -0.39 is 10.0 Å². The van der Waals surface area contributed by atoms with Crippen molar-refractivity contribution in [2.75, 3.05) is 24.5 Å². The molecule has 4 rings (SSSR count). The van der Waals surface area contributed by atoms with Gasteiger partial charge in [-0.1, -0.05) is 24.3 Å². The van der Waals surface area contributed by atoms with Crippen LogP contribution in [0.3, 0.4) is 0 Å². The predicted molar refractivity (Wildman–Crippen MR) is 119 cm³/mol. The van der Waals surface area contributed by atoms with Gasteiger partial charge >= 0.3 is 0 Å². The minimum Gasteiger partial charge on any atom is -0.312 e. The number of nitrogens with zero attached hydrogens (tertiary/aromatic N) is 2. The van der Waals surface area contributed by atoms with E-state index in [0.29, 0.717) is 37.4 Å². The molecule has 2 aliphatic rings. The maximum atomic E-state index is 13.2. The van der Waals surface area contributed by atoms with Gasteiger partial charge in [0.15, 0.2) is 0 Å². The largest absolute Gasteiger partial charge is 0.312 e. The van der Waals surface area contributed by atoms with Gasteiger partial charge in [0.2, 0.25) is 15.9 Å². The molecule has 2 aromatic carbocycles. The quantitative estimate of drug-likeness (QED) is 0.728. The molecule has 0 N–H and O–H groups in total. The number of amides is 1. The van der Waals surface area contributed by atoms with Crippen LogP contribution in [0.5, 0.6) is 0 Å². The number of hydrogen-bond donors (Lipinski definition) is 0. The van der Waals surface area contributed by atoms with E-state index in [2.05, 4.69) is 0 Å². The molecule has 6 heteroatoms. The number of hydrogen-bond acceptors (Lipinski definition) is 3. The molecule has 5 nitrogen and oxygen atoms in total. The highest BCUT2D eigenvalue weighted by Gasteiger charge is 2.34. The van der Waals surface area contributed by atoms with Crippen molar-refractivity contribution in [3.63, 3.8) is 0 Å². The Labute approximate surface area is 179 Å². The lowest BCUT2D eigenvalue weighted by atomic mass is 9.96. The van der Waals surface area contributed by atoms with E-state index in [4.69, 9.17) is 0 Å². The lowest BCUT2D eigenvalue weighted by Gasteiger charge is -2.34. The molecule has 2 aromatic rings. The van der Waals surface area contributed by atoms with Gasteiger partial charge < -0.3 is 4.90 Å². The average molecular weight is 427 g/mol. The lowest BCUT2D eigenvalue weighted by molar-refractivity contribution is -0.123. The van der Waals surface area contributed by atoms with Gasteiger partial charge in [0.05, 0.1) is 4.90 Å². The van der Waals surface area contributed by atoms with E-state index in [1.165, 1.54) is 5.56 Å². The molecule has 0 atom stereocenters. The van der Waals surface area contributed by atoms with Crippen molar-refractivity contribution in [2.45, 2.75) is 50.8 Å². The van der Waals surface area contributed by atoms with Crippen LogP contribution in [0, 0.1) is 12.8 Å². The number of carbonyl (C=O) groups excluding carboxylic acids is 1. The highest BCUT2D eigenvalue weighted by molar-refractivity contribution is 7.89. The highest BCUT2D eigenvalue weighted by Crippen LogP contribution is 2.30. The summed E-state index contributed by atoms with van der Waals surface area (Å²) in [5, 5.41) is 0. The molecule has 0 bridgehead atoms. The summed E-state index contributed by atoms with van der Waals surface area (Å²) in [6.45, 7) is 5.38. The third kappa shape index (κ3) is 3.91. The van der Waals surface area contributed by atoms with Crippen molar-refractivity contribution in [1.82, 2.24) is 4.31 Å². The van der Waals surface area contributed by atoms with E-state index in [1.54, 1.807) is 10.4 Å². The number of fused-ring (bicyclic) bond motifs is 1. The number of para-hydroxylation sites is 1. The number of benzene rings is 2. The van der Waals surface area contributed by atoms with E-state index >= 15 is 0 Å². The first-order valence-corrected chi connectivity index (χ1v) is 12.3. The van der Waals surface area contributed by atoms with Crippen LogP contribution >= 0.6 is 0 Å². The monoisotopic (exact) mass is 426 g/mol. The first-order valence-electron chi connectivity index (χ1n) is 10.9. The summed E-state index contributed by atoms with van der Waals surface area (Å²) < 4.78 is 27.9. The van der Waals surface area contributed by atoms with Crippen molar-refractivity contribution in [2.24, 2.45) is 5.92 Å². The molecule has 1 heterocycles. The number of aryl methyl sites for hydroxylation is 3. The Kier molecular flexibility index (Phi) is 5.98. The Morgan fingerprint density at radius 3 is 2.47 bits per heavy atom. The maximum Gasteiger partial charge on any atom is 0.243 e. The standard InChI is InChI=1S/C24H30N2O3S/c1-3-26(23-10-5-4-7-18(23)2)24(27)20-13-15-25(16-14-20)30(28,29)22-12-11-19-8-6-9-21(19)17-22/h4-5,7,10-12,17,20H,3,6,8-9,13-16H2,1-2H3. The summed E-state index contributed by atoms with van der Waals surface area (Å²) in [5.41, 5.74) is 4.45. The number of piperidine rings is 1. The minimum absolute atomic E-state index is 0.0985. The van der Waals surface area contributed by atoms with Gasteiger partial charge in [-0.25, -0.2) is 8.42 Å². The van der Waals surface area contributed by atoms with Crippen molar-refractivity contribution >= 4 is 21.6 Å². The Balaban J connectivity index is 1.45. The minimum atomic E-state index is -3.51. The fourth-order valence-electron chi connectivity index (χ4n) is 4.73. The van der Waals surface area contributed by atoms with Crippen LogP contribution in [0.4, 0.5) is 5.69 Å². The van der Waals surface area contributed by atoms with Crippen LogP contribution in [-0.2, 0) is 27.7 Å². The summed E-state index contributed by atoms with van der Waals surface area (Å²) in [7, 11) is -3.51. The van der Waals surface area contributed by atoms with Crippen LogP contribution in [0.2, 0.25) is 0 Å². The van der Waals surface area contributed by atoms with Gasteiger partial charge in [-0.3, -0.25) is 4.79 Å². The summed E-state index contributed by atoms with van der Waals surface area (Å²) >= 11 is 0. The molecule has 0 saturated carbocycles. The molecule has 0 aromatic heterocycles. The molecule has 0 radical (unpaired) electrons. The zero-order valence-electron chi connectivity index (χ0n) is 17.8. The Bertz CT molecular complexity index is 1040. The van der Waals surface area contributed by atoms with Crippen LogP contribution < -0.4 is 4.90 Å². The zero-order chi connectivity index (χ0) is 21.3. The van der Waals surface area contributed by atoms with E-state index in [9.17, 15) is 13.2 Å². The maximum absolute atomic E-state index is 13.2. The molecule has 1 aliphatic heterocycles. The summed E-state index contributed by atoms with van der Waals surface area (Å²) in [6, 6.07) is 13.5. The second-order valence-corrected chi connectivity index (χ2v) is 10.3. The molecule has 1 saturated heterocycles. The SMILES string of the molecule is CCN(C(=O)C1CCN(S(=O)(=O)c2ccc3c(c2)CCC3)CC1)c1ccccc1C. The summed E-state index contributed by atoms with van der Waals surface area (Å²) in [6.07, 6.45) is 4.22. The Morgan fingerprint density at radius 1 is 1.07 bits per heavy atom. The molecular weight excluding hydrogens is 396 g/mol. The second kappa shape index (κ2) is 8.52. The Hall–Kier alpha value is -2.18. The molecule has 1 fully saturated rings. The van der Waals surface area contributed by atoms with E-state index in [0.717, 1.165) is 36.1 Å². The average Bonchev–Trinajstić information content (AvgIpc) is 3.23. The van der Waals surface area contributed by atoms with Crippen LogP contribution in [0.25, 0.3) is 0 Å². The number of rotatable bonds is 5. The molecule has 0 unspecified atom stereocenters. The first-order chi connectivity index (χ1) is 14.4. The molecule has 30 heavy (non-hydrogen) atoms. The van der Waals surface area contributed by atoms with Crippen molar-refractivity contribution in [3.8, 4) is 0 Å². The molecular formula is C24H30N2O3S. The van der Waals surface area contributed by atoms with E-state index in [1.807, 2.05) is 55.1 Å². The topological polar surface area (TPSA) is 57.7 Å². The summed E-state index contributed by atoms with van der Waals surface area (Å²) in [5.74, 6) is -0.0441. The van der Waals surface area contributed by atoms with Gasteiger partial charge in [-0.05, 0) is 80.8 Å². The number of carbonyl (C=O) groups is 1. The number of sulfonamides is 1. The fourth-order valence-corrected chi connectivity index (χ4v) is 6.25. The fraction of sp³-hybridized carbons (Fsp3) is 0.458. The van der Waals surface area contributed by atoms with Gasteiger partial charge in [-0.15, -0.1) is 0 Å². The highest BCUT2D eigenvalue weighted by atomic mass is 32.2. The lowest BCUT2D eigenvalue weighted by Crippen LogP contribution is -2.44. The number of anilines is 1. The van der Waals surface area contributed by atoms with Crippen LogP contribution in [0.15, 0.2) is 47.4 Å². The third-order valence-electron chi connectivity index (χ3n) is 6.50. The summed E-state index contributed by atoms with van der Waals surface area (Å²) in [4.78, 5) is 15.4. The van der Waals surface area contributed by atoms with Crippen molar-refractivity contribution in [3.05, 3.63) is 59.2 Å². The van der Waals surface area contributed by atoms with Crippen LogP contribution in [0.1, 0.15) is 42.9 Å². The third-order valence-corrected chi connectivity index (χ3v) is 8.39. The van der Waals surface area contributed by atoms with Gasteiger partial charge in [0.1, 0.15) is 0 Å². The first kappa shape index (κ1) is 21.1. The molecule has 1 amide bonds. The second-order valence-electron chi connectivity index (χ2n) is 8.33.